The molecule has 2 N–H and O–H groups in total. The topological polar surface area (TPSA) is 68.2 Å². The summed E-state index contributed by atoms with van der Waals surface area (Å²) in [6.07, 6.45) is 3.55. The Balaban J connectivity index is 1.77. The third kappa shape index (κ3) is 4.98. The van der Waals surface area contributed by atoms with Crippen LogP contribution in [-0.2, 0) is 7.05 Å². The number of hydrogen-bond donors (Lipinski definition) is 2. The minimum atomic E-state index is -0.422. The van der Waals surface area contributed by atoms with Crippen LogP contribution in [0.2, 0.25) is 0 Å². The maximum Gasteiger partial charge on any atom is 0.315 e. The van der Waals surface area contributed by atoms with Crippen molar-refractivity contribution in [2.24, 2.45) is 7.05 Å². The predicted molar refractivity (Wildman–Crippen MR) is 84.6 cm³/mol. The third-order valence-electron chi connectivity index (χ3n) is 3.28. The number of ether oxygens (including phenoxy) is 1. The lowest BCUT2D eigenvalue weighted by molar-refractivity contribution is 0.222. The lowest BCUT2D eigenvalue weighted by atomic mass is 10.2. The maximum absolute atomic E-state index is 13.4. The van der Waals surface area contributed by atoms with Crippen LogP contribution in [-0.4, -0.2) is 28.5 Å². The lowest BCUT2D eigenvalue weighted by Gasteiger charge is -2.18. The van der Waals surface area contributed by atoms with Gasteiger partial charge in [0.2, 0.25) is 0 Å². The largest absolute Gasteiger partial charge is 0.488 e. The van der Waals surface area contributed by atoms with Gasteiger partial charge >= 0.3 is 6.03 Å². The molecule has 1 aromatic heterocycles. The van der Waals surface area contributed by atoms with Gasteiger partial charge in [0, 0.05) is 18.8 Å². The Kier molecular flexibility index (Phi) is 5.56. The molecule has 0 fully saturated rings. The van der Waals surface area contributed by atoms with E-state index in [1.807, 2.05) is 20.2 Å². The number of nitrogens with zero attached hydrogens (tertiary/aromatic N) is 2. The minimum absolute atomic E-state index is 0.164. The monoisotopic (exact) mass is 320 g/mol. The molecular formula is C16H21FN4O2. The number of hydrogen-bond acceptors (Lipinski definition) is 3. The summed E-state index contributed by atoms with van der Waals surface area (Å²) in [4.78, 5) is 11.9. The van der Waals surface area contributed by atoms with Crippen molar-refractivity contribution in [2.45, 2.75) is 25.9 Å². The summed E-state index contributed by atoms with van der Waals surface area (Å²) >= 11 is 0. The number of aromatic nitrogens is 2. The molecule has 124 valence electrons. The molecular weight excluding hydrogens is 299 g/mol. The van der Waals surface area contributed by atoms with Gasteiger partial charge in [-0.05, 0) is 26.0 Å². The maximum atomic E-state index is 13.4. The van der Waals surface area contributed by atoms with Crippen LogP contribution in [0.5, 0.6) is 5.75 Å². The lowest BCUT2D eigenvalue weighted by Crippen LogP contribution is -2.44. The molecule has 1 heterocycles. The molecule has 2 unspecified atom stereocenters. The second-order valence-corrected chi connectivity index (χ2v) is 5.43. The fraction of sp³-hybridized carbons (Fsp3) is 0.375. The highest BCUT2D eigenvalue weighted by atomic mass is 19.1. The van der Waals surface area contributed by atoms with Crippen molar-refractivity contribution in [1.29, 1.82) is 0 Å². The Labute approximate surface area is 134 Å². The van der Waals surface area contributed by atoms with E-state index in [1.165, 1.54) is 6.07 Å². The molecule has 2 rings (SSSR count). The van der Waals surface area contributed by atoms with E-state index in [0.717, 1.165) is 5.56 Å². The molecule has 0 saturated carbocycles. The summed E-state index contributed by atoms with van der Waals surface area (Å²) in [5.41, 5.74) is 0.915. The van der Waals surface area contributed by atoms with E-state index in [4.69, 9.17) is 4.74 Å². The average Bonchev–Trinajstić information content (AvgIpc) is 2.93. The number of halogens is 1. The van der Waals surface area contributed by atoms with E-state index in [-0.39, 0.29) is 30.5 Å². The fourth-order valence-electron chi connectivity index (χ4n) is 2.03. The molecule has 0 radical (unpaired) electrons. The molecule has 0 aliphatic rings. The van der Waals surface area contributed by atoms with Crippen LogP contribution in [0.1, 0.15) is 25.5 Å². The Hall–Kier alpha value is -2.57. The number of carbonyl (C=O) groups is 1. The van der Waals surface area contributed by atoms with Crippen molar-refractivity contribution < 1.29 is 13.9 Å². The van der Waals surface area contributed by atoms with E-state index in [1.54, 1.807) is 36.0 Å². The summed E-state index contributed by atoms with van der Waals surface area (Å²) in [5, 5.41) is 9.64. The second kappa shape index (κ2) is 7.62. The van der Waals surface area contributed by atoms with Gasteiger partial charge in [0.05, 0.1) is 18.3 Å². The van der Waals surface area contributed by atoms with Gasteiger partial charge in [0.1, 0.15) is 6.61 Å². The number of benzene rings is 1. The van der Waals surface area contributed by atoms with Crippen molar-refractivity contribution in [3.63, 3.8) is 0 Å². The van der Waals surface area contributed by atoms with Gasteiger partial charge < -0.3 is 15.4 Å². The van der Waals surface area contributed by atoms with E-state index in [0.29, 0.717) is 0 Å². The van der Waals surface area contributed by atoms with Crippen molar-refractivity contribution in [3.8, 4) is 5.75 Å². The first-order valence-electron chi connectivity index (χ1n) is 7.38. The first-order chi connectivity index (χ1) is 11.0. The first kappa shape index (κ1) is 16.8. The molecule has 0 aliphatic carbocycles. The van der Waals surface area contributed by atoms with E-state index in [2.05, 4.69) is 15.7 Å². The number of aryl methyl sites for hydroxylation is 1. The molecule has 23 heavy (non-hydrogen) atoms. The molecule has 0 saturated heterocycles. The minimum Gasteiger partial charge on any atom is -0.488 e. The molecule has 1 aromatic carbocycles. The van der Waals surface area contributed by atoms with Gasteiger partial charge in [-0.15, -0.1) is 0 Å². The number of carbonyl (C=O) groups excluding carboxylic acids is 1. The van der Waals surface area contributed by atoms with Gasteiger partial charge in [-0.25, -0.2) is 9.18 Å². The van der Waals surface area contributed by atoms with Crippen molar-refractivity contribution in [3.05, 3.63) is 48.0 Å². The van der Waals surface area contributed by atoms with Crippen LogP contribution in [0.3, 0.4) is 0 Å². The number of amides is 2. The van der Waals surface area contributed by atoms with E-state index < -0.39 is 5.82 Å². The summed E-state index contributed by atoms with van der Waals surface area (Å²) in [5.74, 6) is -0.250. The van der Waals surface area contributed by atoms with Gasteiger partial charge in [-0.3, -0.25) is 4.68 Å². The van der Waals surface area contributed by atoms with Crippen LogP contribution in [0.4, 0.5) is 9.18 Å². The molecule has 0 aliphatic heterocycles. The zero-order chi connectivity index (χ0) is 16.8. The standard InChI is InChI=1S/C16H21FN4O2/c1-11(10-23-15-7-5-4-6-14(15)17)19-16(22)20-12(2)13-8-18-21(3)9-13/h4-9,11-12H,10H2,1-3H3,(H2,19,20,22). The third-order valence-corrected chi connectivity index (χ3v) is 3.28. The van der Waals surface area contributed by atoms with E-state index >= 15 is 0 Å². The summed E-state index contributed by atoms with van der Waals surface area (Å²) in [6.45, 7) is 3.84. The first-order valence-corrected chi connectivity index (χ1v) is 7.38. The number of rotatable bonds is 6. The second-order valence-electron chi connectivity index (χ2n) is 5.43. The van der Waals surface area contributed by atoms with Crippen molar-refractivity contribution >= 4 is 6.03 Å². The van der Waals surface area contributed by atoms with Crippen LogP contribution >= 0.6 is 0 Å². The zero-order valence-corrected chi connectivity index (χ0v) is 13.4. The van der Waals surface area contributed by atoms with Crippen LogP contribution in [0.25, 0.3) is 0 Å². The smallest absolute Gasteiger partial charge is 0.315 e. The van der Waals surface area contributed by atoms with Crippen LogP contribution < -0.4 is 15.4 Å². The quantitative estimate of drug-likeness (QED) is 0.859. The van der Waals surface area contributed by atoms with Gasteiger partial charge in [-0.1, -0.05) is 12.1 Å². The molecule has 7 heteroatoms. The zero-order valence-electron chi connectivity index (χ0n) is 13.4. The Bertz CT molecular complexity index is 659. The Morgan fingerprint density at radius 2 is 2.09 bits per heavy atom. The van der Waals surface area contributed by atoms with Gasteiger partial charge in [0.25, 0.3) is 0 Å². The van der Waals surface area contributed by atoms with Crippen molar-refractivity contribution in [2.75, 3.05) is 6.61 Å². The highest BCUT2D eigenvalue weighted by molar-refractivity contribution is 5.74. The average molecular weight is 320 g/mol. The summed E-state index contributed by atoms with van der Waals surface area (Å²) in [6, 6.07) is 5.42. The van der Waals surface area contributed by atoms with Crippen LogP contribution in [0.15, 0.2) is 36.7 Å². The van der Waals surface area contributed by atoms with Gasteiger partial charge in [-0.2, -0.15) is 5.10 Å². The SMILES string of the molecule is CC(COc1ccccc1F)NC(=O)NC(C)c1cnn(C)c1. The predicted octanol–water partition coefficient (Wildman–Crippen LogP) is 2.39. The molecule has 6 nitrogen and oxygen atoms in total. The number of urea groups is 1. The molecule has 2 amide bonds. The Morgan fingerprint density at radius 3 is 2.74 bits per heavy atom. The molecule has 2 atom stereocenters. The van der Waals surface area contributed by atoms with E-state index in [9.17, 15) is 9.18 Å². The normalized spacial score (nSPS) is 13.2. The molecule has 0 spiro atoms. The Morgan fingerprint density at radius 1 is 1.35 bits per heavy atom. The highest BCUT2D eigenvalue weighted by Crippen LogP contribution is 2.15. The van der Waals surface area contributed by atoms with Crippen LogP contribution in [0, 0.1) is 5.82 Å². The highest BCUT2D eigenvalue weighted by Gasteiger charge is 2.13. The number of para-hydroxylation sites is 1. The number of nitrogens with one attached hydrogen (secondary N) is 2. The fourth-order valence-corrected chi connectivity index (χ4v) is 2.03. The summed E-state index contributed by atoms with van der Waals surface area (Å²) < 4.78 is 20.5. The summed E-state index contributed by atoms with van der Waals surface area (Å²) in [7, 11) is 1.82. The molecule has 2 aromatic rings. The van der Waals surface area contributed by atoms with Gasteiger partial charge in [0.15, 0.2) is 11.6 Å². The van der Waals surface area contributed by atoms with Crippen molar-refractivity contribution in [1.82, 2.24) is 20.4 Å². The molecule has 0 bridgehead atoms.